The Morgan fingerprint density at radius 2 is 1.59 bits per heavy atom. The normalized spacial score (nSPS) is 11.2. The monoisotopic (exact) mass is 260 g/mol. The zero-order valence-electron chi connectivity index (χ0n) is 9.30. The Morgan fingerprint density at radius 3 is 2.41 bits per heavy atom. The molecule has 0 aliphatic heterocycles. The molecule has 0 fully saturated rings. The summed E-state index contributed by atoms with van der Waals surface area (Å²) in [5.74, 6) is 0. The standard InChI is InChI=1S/C15H10Cl2/c1-9-11-5-3-2-4-10(11)8-13-12(9)6-7-14(16)15(13)17/h2-8H,1H3. The van der Waals surface area contributed by atoms with Crippen molar-refractivity contribution in [1.29, 1.82) is 0 Å². The molecule has 0 bridgehead atoms. The molecule has 17 heavy (non-hydrogen) atoms. The molecule has 0 aliphatic rings. The van der Waals surface area contributed by atoms with Crippen LogP contribution in [-0.4, -0.2) is 0 Å². The minimum absolute atomic E-state index is 0.605. The summed E-state index contributed by atoms with van der Waals surface area (Å²) in [6, 6.07) is 14.3. The van der Waals surface area contributed by atoms with Crippen LogP contribution in [0.25, 0.3) is 21.5 Å². The highest BCUT2D eigenvalue weighted by atomic mass is 35.5. The Kier molecular flexibility index (Phi) is 2.50. The van der Waals surface area contributed by atoms with E-state index in [-0.39, 0.29) is 0 Å². The molecule has 0 atom stereocenters. The molecule has 0 heterocycles. The van der Waals surface area contributed by atoms with Gasteiger partial charge in [-0.2, -0.15) is 0 Å². The van der Waals surface area contributed by atoms with Crippen molar-refractivity contribution in [3.05, 3.63) is 58.1 Å². The van der Waals surface area contributed by atoms with Crippen LogP contribution in [0.15, 0.2) is 42.5 Å². The first-order valence-electron chi connectivity index (χ1n) is 5.44. The fourth-order valence-electron chi connectivity index (χ4n) is 2.30. The van der Waals surface area contributed by atoms with Crippen LogP contribution in [-0.2, 0) is 0 Å². The van der Waals surface area contributed by atoms with E-state index in [0.717, 1.165) is 10.8 Å². The lowest BCUT2D eigenvalue weighted by Crippen LogP contribution is -1.84. The molecule has 0 spiro atoms. The molecular formula is C15H10Cl2. The topological polar surface area (TPSA) is 0 Å². The summed E-state index contributed by atoms with van der Waals surface area (Å²) in [5.41, 5.74) is 1.25. The van der Waals surface area contributed by atoms with Gasteiger partial charge < -0.3 is 0 Å². The van der Waals surface area contributed by atoms with Gasteiger partial charge in [0.2, 0.25) is 0 Å². The molecule has 84 valence electrons. The van der Waals surface area contributed by atoms with Gasteiger partial charge in [-0.1, -0.05) is 53.5 Å². The highest BCUT2D eigenvalue weighted by Gasteiger charge is 2.08. The largest absolute Gasteiger partial charge is 0.0827 e. The molecule has 0 unspecified atom stereocenters. The smallest absolute Gasteiger partial charge is 0.0670 e. The van der Waals surface area contributed by atoms with Crippen molar-refractivity contribution in [1.82, 2.24) is 0 Å². The highest BCUT2D eigenvalue weighted by Crippen LogP contribution is 2.35. The van der Waals surface area contributed by atoms with Gasteiger partial charge in [-0.05, 0) is 40.8 Å². The van der Waals surface area contributed by atoms with Gasteiger partial charge in [-0.25, -0.2) is 0 Å². The van der Waals surface area contributed by atoms with E-state index in [1.54, 1.807) is 0 Å². The second-order valence-electron chi connectivity index (χ2n) is 4.18. The second-order valence-corrected chi connectivity index (χ2v) is 4.96. The SMILES string of the molecule is Cc1c2ccccc2cc2c(Cl)c(Cl)ccc12. The van der Waals surface area contributed by atoms with Gasteiger partial charge in [-0.15, -0.1) is 0 Å². The summed E-state index contributed by atoms with van der Waals surface area (Å²) in [7, 11) is 0. The molecule has 0 saturated heterocycles. The van der Waals surface area contributed by atoms with Gasteiger partial charge >= 0.3 is 0 Å². The summed E-state index contributed by atoms with van der Waals surface area (Å²) in [4.78, 5) is 0. The number of rotatable bonds is 0. The molecule has 0 radical (unpaired) electrons. The number of hydrogen-bond donors (Lipinski definition) is 0. The summed E-state index contributed by atoms with van der Waals surface area (Å²) in [6.07, 6.45) is 0. The molecule has 0 aromatic heterocycles. The molecule has 0 nitrogen and oxygen atoms in total. The van der Waals surface area contributed by atoms with Crippen LogP contribution in [0.5, 0.6) is 0 Å². The number of halogens is 2. The maximum atomic E-state index is 6.27. The second kappa shape index (κ2) is 3.90. The van der Waals surface area contributed by atoms with Gasteiger partial charge in [0.05, 0.1) is 10.0 Å². The molecule has 2 heteroatoms. The first kappa shape index (κ1) is 10.9. The average molecular weight is 261 g/mol. The maximum Gasteiger partial charge on any atom is 0.0670 e. The van der Waals surface area contributed by atoms with Crippen LogP contribution in [0, 0.1) is 6.92 Å². The van der Waals surface area contributed by atoms with E-state index in [1.807, 2.05) is 18.2 Å². The van der Waals surface area contributed by atoms with Crippen LogP contribution < -0.4 is 0 Å². The molecule has 0 saturated carbocycles. The minimum atomic E-state index is 0.605. The van der Waals surface area contributed by atoms with Crippen molar-refractivity contribution in [3.8, 4) is 0 Å². The molecule has 0 N–H and O–H groups in total. The first-order chi connectivity index (χ1) is 8.18. The van der Waals surface area contributed by atoms with Gasteiger partial charge in [0.1, 0.15) is 0 Å². The van der Waals surface area contributed by atoms with E-state index < -0.39 is 0 Å². The predicted octanol–water partition coefficient (Wildman–Crippen LogP) is 5.61. The zero-order chi connectivity index (χ0) is 12.0. The molecule has 3 aromatic rings. The number of fused-ring (bicyclic) bond motifs is 2. The third-order valence-corrected chi connectivity index (χ3v) is 4.02. The van der Waals surface area contributed by atoms with Crippen molar-refractivity contribution >= 4 is 44.7 Å². The van der Waals surface area contributed by atoms with E-state index >= 15 is 0 Å². The van der Waals surface area contributed by atoms with E-state index in [4.69, 9.17) is 23.2 Å². The molecule has 3 aromatic carbocycles. The van der Waals surface area contributed by atoms with Gasteiger partial charge in [-0.3, -0.25) is 0 Å². The van der Waals surface area contributed by atoms with Gasteiger partial charge in [0, 0.05) is 5.39 Å². The lowest BCUT2D eigenvalue weighted by molar-refractivity contribution is 1.58. The van der Waals surface area contributed by atoms with Gasteiger partial charge in [0.25, 0.3) is 0 Å². The zero-order valence-corrected chi connectivity index (χ0v) is 10.8. The fraction of sp³-hybridized carbons (Fsp3) is 0.0667. The number of benzene rings is 3. The van der Waals surface area contributed by atoms with E-state index in [9.17, 15) is 0 Å². The Morgan fingerprint density at radius 1 is 0.824 bits per heavy atom. The maximum absolute atomic E-state index is 6.27. The third kappa shape index (κ3) is 1.60. The lowest BCUT2D eigenvalue weighted by Gasteiger charge is -2.09. The van der Waals surface area contributed by atoms with Crippen molar-refractivity contribution in [2.45, 2.75) is 6.92 Å². The van der Waals surface area contributed by atoms with E-state index in [1.165, 1.54) is 16.3 Å². The summed E-state index contributed by atoms with van der Waals surface area (Å²) >= 11 is 12.3. The van der Waals surface area contributed by atoms with Crippen LogP contribution in [0.3, 0.4) is 0 Å². The van der Waals surface area contributed by atoms with Crippen LogP contribution >= 0.6 is 23.2 Å². The van der Waals surface area contributed by atoms with E-state index in [2.05, 4.69) is 31.2 Å². The summed E-state index contributed by atoms with van der Waals surface area (Å²) in [5, 5.41) is 5.89. The van der Waals surface area contributed by atoms with Crippen molar-refractivity contribution in [2.75, 3.05) is 0 Å². The quantitative estimate of drug-likeness (QED) is 0.461. The lowest BCUT2D eigenvalue weighted by atomic mass is 9.98. The molecule has 0 aliphatic carbocycles. The van der Waals surface area contributed by atoms with Crippen LogP contribution in [0.2, 0.25) is 10.0 Å². The highest BCUT2D eigenvalue weighted by molar-refractivity contribution is 6.45. The Hall–Kier alpha value is -1.24. The van der Waals surface area contributed by atoms with Crippen molar-refractivity contribution < 1.29 is 0 Å². The van der Waals surface area contributed by atoms with E-state index in [0.29, 0.717) is 10.0 Å². The number of aryl methyl sites for hydroxylation is 1. The Labute approximate surface area is 110 Å². The Bertz CT molecular complexity index is 730. The van der Waals surface area contributed by atoms with Crippen LogP contribution in [0.1, 0.15) is 5.56 Å². The first-order valence-corrected chi connectivity index (χ1v) is 6.20. The molecule has 0 amide bonds. The van der Waals surface area contributed by atoms with Crippen molar-refractivity contribution in [3.63, 3.8) is 0 Å². The fourth-order valence-corrected chi connectivity index (χ4v) is 2.68. The van der Waals surface area contributed by atoms with Crippen LogP contribution in [0.4, 0.5) is 0 Å². The minimum Gasteiger partial charge on any atom is -0.0827 e. The Balaban J connectivity index is 2.59. The summed E-state index contributed by atoms with van der Waals surface area (Å²) in [6.45, 7) is 2.12. The molecule has 3 rings (SSSR count). The van der Waals surface area contributed by atoms with Crippen molar-refractivity contribution in [2.24, 2.45) is 0 Å². The summed E-state index contributed by atoms with van der Waals surface area (Å²) < 4.78 is 0. The average Bonchev–Trinajstić information content (AvgIpc) is 2.35. The number of hydrogen-bond acceptors (Lipinski definition) is 0. The predicted molar refractivity (Wildman–Crippen MR) is 76.2 cm³/mol. The van der Waals surface area contributed by atoms with Gasteiger partial charge in [0.15, 0.2) is 0 Å². The third-order valence-electron chi connectivity index (χ3n) is 3.20. The molecular weight excluding hydrogens is 251 g/mol.